The Kier molecular flexibility index (Phi) is 3.18. The molecule has 0 aliphatic carbocycles. The second-order valence-electron chi connectivity index (χ2n) is 4.30. The molecule has 2 aromatic heterocycles. The molecule has 96 valence electrons. The van der Waals surface area contributed by atoms with Gasteiger partial charge in [-0.05, 0) is 19.9 Å². The number of carbonyl (C=O) groups is 1. The summed E-state index contributed by atoms with van der Waals surface area (Å²) in [5.74, 6) is -0.127. The minimum Gasteiger partial charge on any atom is -0.346 e. The Labute approximate surface area is 106 Å². The highest BCUT2D eigenvalue weighted by molar-refractivity contribution is 5.92. The molecule has 0 atom stereocenters. The first kappa shape index (κ1) is 12.3. The highest BCUT2D eigenvalue weighted by Crippen LogP contribution is 2.11. The summed E-state index contributed by atoms with van der Waals surface area (Å²) in [4.78, 5) is 11.9. The van der Waals surface area contributed by atoms with Gasteiger partial charge in [-0.25, -0.2) is 0 Å². The fourth-order valence-electron chi connectivity index (χ4n) is 1.93. The topological polar surface area (TPSA) is 64.7 Å². The zero-order valence-electron chi connectivity index (χ0n) is 11.1. The van der Waals surface area contributed by atoms with Crippen molar-refractivity contribution in [2.75, 3.05) is 0 Å². The van der Waals surface area contributed by atoms with Crippen LogP contribution < -0.4 is 5.32 Å². The van der Waals surface area contributed by atoms with E-state index in [0.717, 1.165) is 17.0 Å². The summed E-state index contributed by atoms with van der Waals surface area (Å²) in [6.45, 7) is 4.42. The maximum atomic E-state index is 11.9. The number of rotatable bonds is 3. The molecule has 0 aromatic carbocycles. The van der Waals surface area contributed by atoms with Crippen LogP contribution in [0.4, 0.5) is 0 Å². The van der Waals surface area contributed by atoms with Crippen LogP contribution in [0.1, 0.15) is 27.4 Å². The molecule has 1 amide bonds. The van der Waals surface area contributed by atoms with E-state index in [2.05, 4.69) is 15.5 Å². The Bertz CT molecular complexity index is 581. The molecule has 1 N–H and O–H groups in total. The highest BCUT2D eigenvalue weighted by atomic mass is 16.2. The third-order valence-electron chi connectivity index (χ3n) is 3.14. The van der Waals surface area contributed by atoms with Crippen LogP contribution in [-0.2, 0) is 20.6 Å². The van der Waals surface area contributed by atoms with E-state index in [0.29, 0.717) is 12.2 Å². The molecule has 0 fully saturated rings. The summed E-state index contributed by atoms with van der Waals surface area (Å²) in [6, 6.07) is 1.69. The molecule has 2 aromatic rings. The van der Waals surface area contributed by atoms with Crippen molar-refractivity contribution in [2.24, 2.45) is 14.1 Å². The summed E-state index contributed by atoms with van der Waals surface area (Å²) < 4.78 is 3.37. The second-order valence-corrected chi connectivity index (χ2v) is 4.30. The zero-order valence-corrected chi connectivity index (χ0v) is 11.1. The van der Waals surface area contributed by atoms with E-state index in [4.69, 9.17) is 0 Å². The lowest BCUT2D eigenvalue weighted by Crippen LogP contribution is -2.25. The Balaban J connectivity index is 2.09. The minimum atomic E-state index is -0.127. The molecule has 6 nitrogen and oxygen atoms in total. The molecule has 0 unspecified atom stereocenters. The average molecular weight is 247 g/mol. The van der Waals surface area contributed by atoms with Crippen LogP contribution in [0.2, 0.25) is 0 Å². The minimum absolute atomic E-state index is 0.127. The van der Waals surface area contributed by atoms with Crippen LogP contribution in [0.5, 0.6) is 0 Å². The SMILES string of the molecule is Cc1nn(C)c(C)c1CNC(=O)c1ccnn1C. The first-order chi connectivity index (χ1) is 8.50. The fraction of sp³-hybridized carbons (Fsp3) is 0.417. The molecule has 0 saturated carbocycles. The van der Waals surface area contributed by atoms with Crippen molar-refractivity contribution >= 4 is 5.91 Å². The van der Waals surface area contributed by atoms with Gasteiger partial charge in [0.2, 0.25) is 0 Å². The van der Waals surface area contributed by atoms with Gasteiger partial charge < -0.3 is 5.32 Å². The smallest absolute Gasteiger partial charge is 0.269 e. The number of hydrogen-bond donors (Lipinski definition) is 1. The van der Waals surface area contributed by atoms with Crippen LogP contribution in [0.25, 0.3) is 0 Å². The van der Waals surface area contributed by atoms with Gasteiger partial charge in [-0.1, -0.05) is 0 Å². The summed E-state index contributed by atoms with van der Waals surface area (Å²) in [5, 5.41) is 11.2. The molecule has 18 heavy (non-hydrogen) atoms. The maximum Gasteiger partial charge on any atom is 0.269 e. The largest absolute Gasteiger partial charge is 0.346 e. The third kappa shape index (κ3) is 2.13. The summed E-state index contributed by atoms with van der Waals surface area (Å²) in [7, 11) is 3.64. The summed E-state index contributed by atoms with van der Waals surface area (Å²) in [6.07, 6.45) is 1.61. The molecule has 0 aliphatic heterocycles. The average Bonchev–Trinajstić information content (AvgIpc) is 2.83. The van der Waals surface area contributed by atoms with Crippen LogP contribution in [0.15, 0.2) is 12.3 Å². The first-order valence-electron chi connectivity index (χ1n) is 5.76. The molecule has 0 bridgehead atoms. The van der Waals surface area contributed by atoms with Crippen molar-refractivity contribution in [1.29, 1.82) is 0 Å². The van der Waals surface area contributed by atoms with Crippen LogP contribution in [0.3, 0.4) is 0 Å². The Hall–Kier alpha value is -2.11. The molecular weight excluding hydrogens is 230 g/mol. The van der Waals surface area contributed by atoms with E-state index in [1.165, 1.54) is 0 Å². The van der Waals surface area contributed by atoms with Crippen molar-refractivity contribution in [3.8, 4) is 0 Å². The van der Waals surface area contributed by atoms with Crippen molar-refractivity contribution in [3.05, 3.63) is 34.9 Å². The predicted molar refractivity (Wildman–Crippen MR) is 67.1 cm³/mol. The molecule has 0 radical (unpaired) electrons. The van der Waals surface area contributed by atoms with Gasteiger partial charge in [0.05, 0.1) is 5.69 Å². The van der Waals surface area contributed by atoms with E-state index in [9.17, 15) is 4.79 Å². The summed E-state index contributed by atoms with van der Waals surface area (Å²) in [5.41, 5.74) is 3.63. The fourth-order valence-corrected chi connectivity index (χ4v) is 1.93. The van der Waals surface area contributed by atoms with Crippen LogP contribution >= 0.6 is 0 Å². The number of nitrogens with one attached hydrogen (secondary N) is 1. The van der Waals surface area contributed by atoms with Gasteiger partial charge >= 0.3 is 0 Å². The monoisotopic (exact) mass is 247 g/mol. The molecule has 6 heteroatoms. The van der Waals surface area contributed by atoms with Gasteiger partial charge in [0.15, 0.2) is 0 Å². The second kappa shape index (κ2) is 4.64. The molecular formula is C12H17N5O. The lowest BCUT2D eigenvalue weighted by Gasteiger charge is -2.06. The number of nitrogens with zero attached hydrogens (tertiary/aromatic N) is 4. The maximum absolute atomic E-state index is 11.9. The Morgan fingerprint density at radius 2 is 2.06 bits per heavy atom. The summed E-state index contributed by atoms with van der Waals surface area (Å²) >= 11 is 0. The molecule has 0 saturated heterocycles. The molecule has 0 spiro atoms. The van der Waals surface area contributed by atoms with E-state index < -0.39 is 0 Å². The first-order valence-corrected chi connectivity index (χ1v) is 5.76. The van der Waals surface area contributed by atoms with Crippen LogP contribution in [-0.4, -0.2) is 25.5 Å². The van der Waals surface area contributed by atoms with Gasteiger partial charge in [-0.2, -0.15) is 10.2 Å². The van der Waals surface area contributed by atoms with Crippen molar-refractivity contribution in [3.63, 3.8) is 0 Å². The molecule has 2 heterocycles. The number of aryl methyl sites for hydroxylation is 3. The van der Waals surface area contributed by atoms with E-state index >= 15 is 0 Å². The lowest BCUT2D eigenvalue weighted by atomic mass is 10.2. The van der Waals surface area contributed by atoms with Gasteiger partial charge in [-0.15, -0.1) is 0 Å². The van der Waals surface area contributed by atoms with Gasteiger partial charge in [0.25, 0.3) is 5.91 Å². The van der Waals surface area contributed by atoms with Crippen LogP contribution in [0, 0.1) is 13.8 Å². The number of carbonyl (C=O) groups excluding carboxylic acids is 1. The van der Waals surface area contributed by atoms with Gasteiger partial charge in [0.1, 0.15) is 5.69 Å². The number of amides is 1. The predicted octanol–water partition coefficient (Wildman–Crippen LogP) is 0.700. The number of aromatic nitrogens is 4. The van der Waals surface area contributed by atoms with Crippen molar-refractivity contribution in [2.45, 2.75) is 20.4 Å². The van der Waals surface area contributed by atoms with E-state index in [1.54, 1.807) is 24.0 Å². The normalized spacial score (nSPS) is 10.7. The molecule has 2 rings (SSSR count). The van der Waals surface area contributed by atoms with Crippen molar-refractivity contribution < 1.29 is 4.79 Å². The highest BCUT2D eigenvalue weighted by Gasteiger charge is 2.13. The quantitative estimate of drug-likeness (QED) is 0.868. The van der Waals surface area contributed by atoms with E-state index in [-0.39, 0.29) is 5.91 Å². The van der Waals surface area contributed by atoms with Gasteiger partial charge in [-0.3, -0.25) is 14.2 Å². The standard InChI is InChI=1S/C12H17N5O/c1-8-10(9(2)16(3)15-8)7-13-12(18)11-5-6-14-17(11)4/h5-6H,7H2,1-4H3,(H,13,18). The molecule has 0 aliphatic rings. The number of hydrogen-bond acceptors (Lipinski definition) is 3. The zero-order chi connectivity index (χ0) is 13.3. The van der Waals surface area contributed by atoms with E-state index in [1.807, 2.05) is 25.6 Å². The Morgan fingerprint density at radius 1 is 1.33 bits per heavy atom. The third-order valence-corrected chi connectivity index (χ3v) is 3.14. The van der Waals surface area contributed by atoms with Crippen molar-refractivity contribution in [1.82, 2.24) is 24.9 Å². The Morgan fingerprint density at radius 3 is 2.56 bits per heavy atom. The lowest BCUT2D eigenvalue weighted by molar-refractivity contribution is 0.0941. The van der Waals surface area contributed by atoms with Gasteiger partial charge in [0, 0.05) is 38.1 Å².